The van der Waals surface area contributed by atoms with Crippen molar-refractivity contribution in [3.63, 3.8) is 0 Å². The Labute approximate surface area is 189 Å². The summed E-state index contributed by atoms with van der Waals surface area (Å²) < 4.78 is 0. The average molecular weight is 438 g/mol. The maximum atomic E-state index is 11.9. The van der Waals surface area contributed by atoms with Crippen LogP contribution in [0, 0.1) is 39.9 Å². The van der Waals surface area contributed by atoms with Gasteiger partial charge in [-0.1, -0.05) is 64.6 Å². The van der Waals surface area contributed by atoms with Crippen molar-refractivity contribution in [3.05, 3.63) is 17.6 Å². The first-order valence-corrected chi connectivity index (χ1v) is 12.6. The molecule has 0 aromatic heterocycles. The van der Waals surface area contributed by atoms with Crippen LogP contribution in [0.4, 0.5) is 0 Å². The van der Waals surface area contributed by atoms with E-state index in [2.05, 4.69) is 32.5 Å². The summed E-state index contributed by atoms with van der Waals surface area (Å²) >= 11 is 0. The van der Waals surface area contributed by atoms with Crippen LogP contribution < -0.4 is 0 Å². The van der Waals surface area contributed by atoms with Crippen molar-refractivity contribution in [1.29, 1.82) is 0 Å². The molecule has 2 aliphatic carbocycles. The summed E-state index contributed by atoms with van der Waals surface area (Å²) in [6.07, 6.45) is 7.83. The van der Waals surface area contributed by atoms with E-state index >= 15 is 0 Å². The van der Waals surface area contributed by atoms with Gasteiger partial charge in [0.25, 0.3) is 0 Å². The average Bonchev–Trinajstić information content (AvgIpc) is 2.86. The topological polar surface area (TPSA) is 90.1 Å². The van der Waals surface area contributed by atoms with Crippen molar-refractivity contribution in [2.45, 2.75) is 116 Å². The van der Waals surface area contributed by atoms with E-state index in [4.69, 9.17) is 0 Å². The Bertz CT molecular complexity index is 596. The molecule has 3 N–H and O–H groups in total. The van der Waals surface area contributed by atoms with Gasteiger partial charge in [0.05, 0.1) is 23.9 Å². The molecule has 180 valence electrons. The van der Waals surface area contributed by atoms with Crippen LogP contribution in [0.2, 0.25) is 0 Å². The SMILES string of the molecule is C=CC(O)(C[C@H](CC)[C@@H]1CCCC(N=O)C1)C1CC[C@H](C)C(CC)C(C)(C(C)O)[C@@H]1O. The summed E-state index contributed by atoms with van der Waals surface area (Å²) in [5.41, 5.74) is -1.90. The fourth-order valence-corrected chi connectivity index (χ4v) is 7.16. The van der Waals surface area contributed by atoms with Crippen LogP contribution in [0.1, 0.15) is 92.4 Å². The van der Waals surface area contributed by atoms with Crippen LogP contribution in [0.25, 0.3) is 0 Å². The molecule has 10 atom stereocenters. The summed E-state index contributed by atoms with van der Waals surface area (Å²) in [5, 5.41) is 37.7. The minimum atomic E-state index is -1.21. The van der Waals surface area contributed by atoms with E-state index in [1.807, 2.05) is 6.92 Å². The molecule has 5 heteroatoms. The fraction of sp³-hybridized carbons (Fsp3) is 0.923. The van der Waals surface area contributed by atoms with Crippen molar-refractivity contribution in [2.24, 2.45) is 40.2 Å². The first-order chi connectivity index (χ1) is 14.6. The molecular formula is C26H47NO4. The lowest BCUT2D eigenvalue weighted by Crippen LogP contribution is -2.55. The summed E-state index contributed by atoms with van der Waals surface area (Å²) in [5.74, 6) is 0.780. The van der Waals surface area contributed by atoms with Crippen LogP contribution >= 0.6 is 0 Å². The molecule has 0 saturated heterocycles. The third kappa shape index (κ3) is 5.25. The molecule has 2 fully saturated rings. The Kier molecular flexibility index (Phi) is 9.30. The van der Waals surface area contributed by atoms with E-state index in [0.717, 1.165) is 44.9 Å². The summed E-state index contributed by atoms with van der Waals surface area (Å²) in [7, 11) is 0. The van der Waals surface area contributed by atoms with E-state index in [0.29, 0.717) is 24.7 Å². The molecule has 0 bridgehead atoms. The summed E-state index contributed by atoms with van der Waals surface area (Å²) in [4.78, 5) is 11.1. The van der Waals surface area contributed by atoms with Gasteiger partial charge in [0, 0.05) is 11.3 Å². The lowest BCUT2D eigenvalue weighted by atomic mass is 9.60. The summed E-state index contributed by atoms with van der Waals surface area (Å²) in [6.45, 7) is 14.2. The number of hydrogen-bond acceptors (Lipinski definition) is 5. The highest BCUT2D eigenvalue weighted by Gasteiger charge is 2.55. The minimum Gasteiger partial charge on any atom is -0.393 e. The Hall–Kier alpha value is -0.780. The Morgan fingerprint density at radius 3 is 2.45 bits per heavy atom. The zero-order chi connectivity index (χ0) is 23.4. The van der Waals surface area contributed by atoms with Gasteiger partial charge in [0.1, 0.15) is 0 Å². The van der Waals surface area contributed by atoms with Gasteiger partial charge in [-0.2, -0.15) is 4.91 Å². The van der Waals surface area contributed by atoms with E-state index in [-0.39, 0.29) is 23.8 Å². The van der Waals surface area contributed by atoms with Gasteiger partial charge in [-0.05, 0) is 62.7 Å². The maximum absolute atomic E-state index is 11.9. The quantitative estimate of drug-likeness (QED) is 0.254. The number of aliphatic hydroxyl groups is 3. The molecule has 0 aliphatic heterocycles. The van der Waals surface area contributed by atoms with Crippen LogP contribution in [0.15, 0.2) is 17.8 Å². The van der Waals surface area contributed by atoms with Crippen LogP contribution in [-0.4, -0.2) is 39.2 Å². The molecule has 31 heavy (non-hydrogen) atoms. The van der Waals surface area contributed by atoms with Crippen molar-refractivity contribution < 1.29 is 15.3 Å². The van der Waals surface area contributed by atoms with Gasteiger partial charge in [0.2, 0.25) is 0 Å². The second-order valence-corrected chi connectivity index (χ2v) is 10.9. The highest BCUT2D eigenvalue weighted by molar-refractivity contribution is 5.10. The van der Waals surface area contributed by atoms with Gasteiger partial charge >= 0.3 is 0 Å². The molecule has 0 aromatic carbocycles. The fourth-order valence-electron chi connectivity index (χ4n) is 7.16. The third-order valence-electron chi connectivity index (χ3n) is 9.39. The zero-order valence-corrected chi connectivity index (χ0v) is 20.5. The van der Waals surface area contributed by atoms with Crippen molar-refractivity contribution >= 4 is 0 Å². The van der Waals surface area contributed by atoms with Gasteiger partial charge in [-0.25, -0.2) is 0 Å². The Morgan fingerprint density at radius 1 is 1.26 bits per heavy atom. The lowest BCUT2D eigenvalue weighted by Gasteiger charge is -2.49. The molecule has 2 aliphatic rings. The molecule has 0 spiro atoms. The van der Waals surface area contributed by atoms with E-state index in [1.165, 1.54) is 0 Å². The summed E-state index contributed by atoms with van der Waals surface area (Å²) in [6, 6.07) is -0.113. The first kappa shape index (κ1) is 26.5. The number of aliphatic hydroxyl groups excluding tert-OH is 2. The Balaban J connectivity index is 2.34. The van der Waals surface area contributed by atoms with Gasteiger partial charge in [-0.15, -0.1) is 6.58 Å². The third-order valence-corrected chi connectivity index (χ3v) is 9.39. The van der Waals surface area contributed by atoms with E-state index in [9.17, 15) is 20.2 Å². The van der Waals surface area contributed by atoms with Gasteiger partial charge in [-0.3, -0.25) is 0 Å². The van der Waals surface area contributed by atoms with Crippen LogP contribution in [0.3, 0.4) is 0 Å². The van der Waals surface area contributed by atoms with Gasteiger partial charge < -0.3 is 15.3 Å². The first-order valence-electron chi connectivity index (χ1n) is 12.6. The smallest absolute Gasteiger partial charge is 0.0922 e. The second-order valence-electron chi connectivity index (χ2n) is 10.9. The maximum Gasteiger partial charge on any atom is 0.0922 e. The highest BCUT2D eigenvalue weighted by atomic mass is 16.3. The molecule has 0 radical (unpaired) electrons. The monoisotopic (exact) mass is 437 g/mol. The Morgan fingerprint density at radius 2 is 1.94 bits per heavy atom. The predicted octanol–water partition coefficient (Wildman–Crippen LogP) is 5.47. The minimum absolute atomic E-state index is 0.113. The molecule has 0 amide bonds. The second kappa shape index (κ2) is 10.9. The molecule has 2 saturated carbocycles. The highest BCUT2D eigenvalue weighted by Crippen LogP contribution is 2.52. The molecule has 6 unspecified atom stereocenters. The van der Waals surface area contributed by atoms with E-state index in [1.54, 1.807) is 13.0 Å². The van der Waals surface area contributed by atoms with Crippen molar-refractivity contribution in [1.82, 2.24) is 0 Å². The number of nitrogens with zero attached hydrogens (tertiary/aromatic N) is 1. The molecule has 0 aromatic rings. The van der Waals surface area contributed by atoms with Crippen LogP contribution in [-0.2, 0) is 0 Å². The number of nitroso groups, excluding NO2 is 1. The normalized spacial score (nSPS) is 40.9. The molecular weight excluding hydrogens is 390 g/mol. The predicted molar refractivity (Wildman–Crippen MR) is 127 cm³/mol. The molecule has 0 heterocycles. The number of rotatable bonds is 9. The van der Waals surface area contributed by atoms with Crippen LogP contribution in [0.5, 0.6) is 0 Å². The molecule has 2 rings (SSSR count). The largest absolute Gasteiger partial charge is 0.393 e. The lowest BCUT2D eigenvalue weighted by molar-refractivity contribution is -0.148. The zero-order valence-electron chi connectivity index (χ0n) is 20.5. The van der Waals surface area contributed by atoms with E-state index < -0.39 is 23.2 Å². The van der Waals surface area contributed by atoms with Gasteiger partial charge in [0.15, 0.2) is 0 Å². The standard InChI is InChI=1S/C26H47NO4/c1-7-19(20-11-10-12-21(15-20)27-31)16-26(30,9-3)23-14-13-17(4)22(8-2)25(6,18(5)28)24(23)29/h9,17-24,28-30H,3,7-8,10-16H2,1-2,4-6H3/t17-,18?,19-,20+,21?,22?,23?,24+,25?,26?/m0/s1. The van der Waals surface area contributed by atoms with Crippen molar-refractivity contribution in [3.8, 4) is 0 Å². The molecule has 5 nitrogen and oxygen atoms in total. The van der Waals surface area contributed by atoms with Crippen molar-refractivity contribution in [2.75, 3.05) is 0 Å². The number of hydrogen-bond donors (Lipinski definition) is 3.